The molecular weight excluding hydrogens is 302 g/mol. The van der Waals surface area contributed by atoms with Crippen LogP contribution in [0.5, 0.6) is 5.75 Å². The molecule has 1 aromatic carbocycles. The Kier molecular flexibility index (Phi) is 5.08. The van der Waals surface area contributed by atoms with Gasteiger partial charge in [0.05, 0.1) is 5.54 Å². The average Bonchev–Trinajstić information content (AvgIpc) is 2.92. The van der Waals surface area contributed by atoms with Gasteiger partial charge in [-0.15, -0.1) is 12.4 Å². The summed E-state index contributed by atoms with van der Waals surface area (Å²) < 4.78 is 10.9. The minimum Gasteiger partial charge on any atom is -0.484 e. The van der Waals surface area contributed by atoms with E-state index in [4.69, 9.17) is 15.0 Å². The number of ether oxygens (including phenoxy) is 1. The lowest BCUT2D eigenvalue weighted by Crippen LogP contribution is -2.44. The lowest BCUT2D eigenvalue weighted by Gasteiger charge is -2.34. The van der Waals surface area contributed by atoms with Crippen molar-refractivity contribution < 1.29 is 9.26 Å². The first-order chi connectivity index (χ1) is 10.1. The van der Waals surface area contributed by atoms with Crippen LogP contribution in [0, 0.1) is 0 Å². The maximum Gasteiger partial charge on any atom is 0.264 e. The molecule has 3 rings (SSSR count). The lowest BCUT2D eigenvalue weighted by atomic mass is 9.77. The first-order valence-corrected chi connectivity index (χ1v) is 7.41. The van der Waals surface area contributed by atoms with Crippen molar-refractivity contribution in [3.63, 3.8) is 0 Å². The minimum atomic E-state index is -0.388. The Morgan fingerprint density at radius 1 is 1.27 bits per heavy atom. The number of halogens is 1. The molecule has 120 valence electrons. The third kappa shape index (κ3) is 3.42. The van der Waals surface area contributed by atoms with Gasteiger partial charge in [0.15, 0.2) is 12.4 Å². The molecule has 0 amide bonds. The van der Waals surface area contributed by atoms with Crippen molar-refractivity contribution in [1.29, 1.82) is 0 Å². The summed E-state index contributed by atoms with van der Waals surface area (Å²) in [5, 5.41) is 3.97. The third-order valence-corrected chi connectivity index (χ3v) is 4.07. The molecule has 1 aromatic heterocycles. The summed E-state index contributed by atoms with van der Waals surface area (Å²) in [4.78, 5) is 4.34. The van der Waals surface area contributed by atoms with Gasteiger partial charge < -0.3 is 15.0 Å². The Balaban J connectivity index is 0.00000176. The van der Waals surface area contributed by atoms with Gasteiger partial charge in [0.1, 0.15) is 5.75 Å². The molecule has 0 spiro atoms. The van der Waals surface area contributed by atoms with Crippen LogP contribution >= 0.6 is 12.4 Å². The molecule has 5 nitrogen and oxygen atoms in total. The zero-order chi connectivity index (χ0) is 14.9. The zero-order valence-corrected chi connectivity index (χ0v) is 13.7. The summed E-state index contributed by atoms with van der Waals surface area (Å²) in [6, 6.07) is 8.07. The smallest absolute Gasteiger partial charge is 0.264 e. The van der Waals surface area contributed by atoms with E-state index >= 15 is 0 Å². The second kappa shape index (κ2) is 6.67. The summed E-state index contributed by atoms with van der Waals surface area (Å²) in [6.07, 6.45) is 2.96. The molecular formula is C16H22ClN3O2. The SMILES string of the molecule is CC(C)c1ccc(OCc2nc(C3(N)CCC3)no2)cc1.Cl. The molecule has 2 aromatic rings. The minimum absolute atomic E-state index is 0. The predicted octanol–water partition coefficient (Wildman–Crippen LogP) is 3.53. The molecule has 0 unspecified atom stereocenters. The maximum atomic E-state index is 6.16. The lowest BCUT2D eigenvalue weighted by molar-refractivity contribution is 0.223. The van der Waals surface area contributed by atoms with Crippen LogP contribution in [0.2, 0.25) is 0 Å². The summed E-state index contributed by atoms with van der Waals surface area (Å²) >= 11 is 0. The normalized spacial score (nSPS) is 16.0. The second-order valence-electron chi connectivity index (χ2n) is 6.03. The van der Waals surface area contributed by atoms with Crippen molar-refractivity contribution in [2.24, 2.45) is 5.73 Å². The fourth-order valence-electron chi connectivity index (χ4n) is 2.39. The van der Waals surface area contributed by atoms with E-state index < -0.39 is 0 Å². The van der Waals surface area contributed by atoms with E-state index in [1.807, 2.05) is 12.1 Å². The van der Waals surface area contributed by atoms with E-state index in [-0.39, 0.29) is 24.6 Å². The Bertz CT molecular complexity index is 606. The number of nitrogens with zero attached hydrogens (tertiary/aromatic N) is 2. The van der Waals surface area contributed by atoms with Crippen LogP contribution in [0.1, 0.15) is 56.3 Å². The second-order valence-corrected chi connectivity index (χ2v) is 6.03. The standard InChI is InChI=1S/C16H21N3O2.ClH/c1-11(2)12-4-6-13(7-5-12)20-10-14-18-15(19-21-14)16(17)8-3-9-16;/h4-7,11H,3,8-10,17H2,1-2H3;1H. The first kappa shape index (κ1) is 16.8. The topological polar surface area (TPSA) is 74.2 Å². The highest BCUT2D eigenvalue weighted by molar-refractivity contribution is 5.85. The zero-order valence-electron chi connectivity index (χ0n) is 12.9. The molecule has 1 heterocycles. The fraction of sp³-hybridized carbons (Fsp3) is 0.500. The molecule has 0 atom stereocenters. The maximum absolute atomic E-state index is 6.16. The van der Waals surface area contributed by atoms with E-state index in [9.17, 15) is 0 Å². The molecule has 22 heavy (non-hydrogen) atoms. The highest BCUT2D eigenvalue weighted by Gasteiger charge is 2.38. The van der Waals surface area contributed by atoms with E-state index in [2.05, 4.69) is 36.1 Å². The first-order valence-electron chi connectivity index (χ1n) is 7.41. The fourth-order valence-corrected chi connectivity index (χ4v) is 2.39. The van der Waals surface area contributed by atoms with Gasteiger partial charge in [0, 0.05) is 0 Å². The largest absolute Gasteiger partial charge is 0.484 e. The molecule has 1 aliphatic carbocycles. The van der Waals surface area contributed by atoms with Crippen molar-refractivity contribution in [3.8, 4) is 5.75 Å². The van der Waals surface area contributed by atoms with Gasteiger partial charge in [-0.3, -0.25) is 0 Å². The van der Waals surface area contributed by atoms with Crippen molar-refractivity contribution in [1.82, 2.24) is 10.1 Å². The molecule has 0 saturated heterocycles. The Labute approximate surface area is 136 Å². The number of hydrogen-bond donors (Lipinski definition) is 1. The van der Waals surface area contributed by atoms with E-state index in [0.717, 1.165) is 25.0 Å². The Morgan fingerprint density at radius 2 is 1.95 bits per heavy atom. The predicted molar refractivity (Wildman–Crippen MR) is 86.1 cm³/mol. The van der Waals surface area contributed by atoms with Crippen LogP contribution in [0.25, 0.3) is 0 Å². The highest BCUT2D eigenvalue weighted by atomic mass is 35.5. The van der Waals surface area contributed by atoms with Gasteiger partial charge in [-0.1, -0.05) is 31.1 Å². The molecule has 0 bridgehead atoms. The van der Waals surface area contributed by atoms with E-state index in [1.165, 1.54) is 5.56 Å². The summed E-state index contributed by atoms with van der Waals surface area (Å²) in [7, 11) is 0. The monoisotopic (exact) mass is 323 g/mol. The Morgan fingerprint density at radius 3 is 2.50 bits per heavy atom. The van der Waals surface area contributed by atoms with E-state index in [0.29, 0.717) is 17.6 Å². The summed E-state index contributed by atoms with van der Waals surface area (Å²) in [6.45, 7) is 4.60. The van der Waals surface area contributed by atoms with Crippen LogP contribution in [-0.4, -0.2) is 10.1 Å². The Hall–Kier alpha value is -1.59. The van der Waals surface area contributed by atoms with Crippen LogP contribution < -0.4 is 10.5 Å². The van der Waals surface area contributed by atoms with Gasteiger partial charge in [0.25, 0.3) is 5.89 Å². The quantitative estimate of drug-likeness (QED) is 0.911. The number of rotatable bonds is 5. The number of nitrogens with two attached hydrogens (primary N) is 1. The van der Waals surface area contributed by atoms with Gasteiger partial charge in [0.2, 0.25) is 0 Å². The van der Waals surface area contributed by atoms with Gasteiger partial charge in [-0.05, 0) is 42.9 Å². The number of hydrogen-bond acceptors (Lipinski definition) is 5. The molecule has 6 heteroatoms. The molecule has 0 radical (unpaired) electrons. The third-order valence-electron chi connectivity index (χ3n) is 4.07. The molecule has 1 aliphatic rings. The molecule has 1 saturated carbocycles. The van der Waals surface area contributed by atoms with E-state index in [1.54, 1.807) is 0 Å². The van der Waals surface area contributed by atoms with Crippen molar-refractivity contribution in [2.45, 2.75) is 51.2 Å². The summed E-state index contributed by atoms with van der Waals surface area (Å²) in [5.41, 5.74) is 7.06. The number of benzene rings is 1. The summed E-state index contributed by atoms with van der Waals surface area (Å²) in [5.74, 6) is 2.38. The highest BCUT2D eigenvalue weighted by Crippen LogP contribution is 2.36. The number of aromatic nitrogens is 2. The van der Waals surface area contributed by atoms with Crippen LogP contribution in [0.4, 0.5) is 0 Å². The van der Waals surface area contributed by atoms with Gasteiger partial charge in [-0.25, -0.2) is 0 Å². The van der Waals surface area contributed by atoms with Crippen molar-refractivity contribution >= 4 is 12.4 Å². The van der Waals surface area contributed by atoms with Crippen LogP contribution in [0.3, 0.4) is 0 Å². The molecule has 1 fully saturated rings. The van der Waals surface area contributed by atoms with Crippen LogP contribution in [-0.2, 0) is 12.1 Å². The van der Waals surface area contributed by atoms with Gasteiger partial charge >= 0.3 is 0 Å². The molecule has 2 N–H and O–H groups in total. The van der Waals surface area contributed by atoms with Crippen molar-refractivity contribution in [3.05, 3.63) is 41.5 Å². The average molecular weight is 324 g/mol. The van der Waals surface area contributed by atoms with Gasteiger partial charge in [-0.2, -0.15) is 4.98 Å². The van der Waals surface area contributed by atoms with Crippen molar-refractivity contribution in [2.75, 3.05) is 0 Å². The molecule has 0 aliphatic heterocycles. The van der Waals surface area contributed by atoms with Crippen LogP contribution in [0.15, 0.2) is 28.8 Å².